The van der Waals surface area contributed by atoms with Gasteiger partial charge in [0.05, 0.1) is 20.3 Å². The number of hydrogen-bond acceptors (Lipinski definition) is 7. The topological polar surface area (TPSA) is 123 Å². The van der Waals surface area contributed by atoms with Gasteiger partial charge >= 0.3 is 5.97 Å². The molecule has 2 aromatic rings. The standard InChI is InChI=1S/C26H33N3O6S/c1-34-26(33)22(15-19-9-5-3-6-10-19)28-25(32)23(17-35-16-20-11-7-4-8-12-20)29-24(31)21(27-18-30)13-14-36-2/h3-12,18,21-23H,13-17H2,1-2H3,(H,27,30)(H,28,32)(H,29,31)/t21-,22-,23-/m0/s1. The molecule has 3 N–H and O–H groups in total. The molecule has 2 rings (SSSR count). The number of hydrogen-bond donors (Lipinski definition) is 3. The molecule has 0 saturated heterocycles. The molecule has 0 saturated carbocycles. The Balaban J connectivity index is 2.14. The van der Waals surface area contributed by atoms with Crippen LogP contribution in [0.5, 0.6) is 0 Å². The quantitative estimate of drug-likeness (QED) is 0.228. The molecule has 0 heterocycles. The Morgan fingerprint density at radius 3 is 2.06 bits per heavy atom. The van der Waals surface area contributed by atoms with Gasteiger partial charge in [0.25, 0.3) is 0 Å². The van der Waals surface area contributed by atoms with Gasteiger partial charge in [-0.3, -0.25) is 14.4 Å². The number of carbonyl (C=O) groups is 4. The minimum Gasteiger partial charge on any atom is -0.467 e. The maximum Gasteiger partial charge on any atom is 0.328 e. The summed E-state index contributed by atoms with van der Waals surface area (Å²) in [6.45, 7) is 0.0927. The zero-order chi connectivity index (χ0) is 26.2. The molecular weight excluding hydrogens is 482 g/mol. The highest BCUT2D eigenvalue weighted by Crippen LogP contribution is 2.07. The molecule has 0 aromatic heterocycles. The molecule has 0 aliphatic heterocycles. The highest BCUT2D eigenvalue weighted by atomic mass is 32.2. The number of ether oxygens (including phenoxy) is 2. The third-order valence-corrected chi connectivity index (χ3v) is 5.95. The van der Waals surface area contributed by atoms with E-state index >= 15 is 0 Å². The van der Waals surface area contributed by atoms with Crippen LogP contribution in [0.15, 0.2) is 60.7 Å². The SMILES string of the molecule is COC(=O)[C@H](Cc1ccccc1)NC(=O)[C@H](COCc1ccccc1)NC(=O)[C@H](CCSC)NC=O. The van der Waals surface area contributed by atoms with Crippen LogP contribution >= 0.6 is 11.8 Å². The molecule has 3 atom stereocenters. The minimum atomic E-state index is -1.10. The number of esters is 1. The molecule has 0 aliphatic rings. The van der Waals surface area contributed by atoms with Crippen LogP contribution in [-0.2, 0) is 41.7 Å². The molecule has 0 aliphatic carbocycles. The van der Waals surface area contributed by atoms with Crippen molar-refractivity contribution in [1.29, 1.82) is 0 Å². The third kappa shape index (κ3) is 10.1. The van der Waals surface area contributed by atoms with Gasteiger partial charge in [0.1, 0.15) is 18.1 Å². The van der Waals surface area contributed by atoms with E-state index < -0.39 is 35.9 Å². The van der Waals surface area contributed by atoms with E-state index in [2.05, 4.69) is 16.0 Å². The summed E-state index contributed by atoms with van der Waals surface area (Å²) < 4.78 is 10.6. The van der Waals surface area contributed by atoms with E-state index in [1.165, 1.54) is 18.9 Å². The number of methoxy groups -OCH3 is 1. The first kappa shape index (κ1) is 28.9. The number of carbonyl (C=O) groups excluding carboxylic acids is 4. The molecule has 10 heteroatoms. The van der Waals surface area contributed by atoms with Gasteiger partial charge in [0.15, 0.2) is 0 Å². The Kier molecular flexibility index (Phi) is 13.1. The first-order chi connectivity index (χ1) is 17.5. The molecular formula is C26H33N3O6S. The van der Waals surface area contributed by atoms with E-state index in [1.807, 2.05) is 66.9 Å². The maximum absolute atomic E-state index is 13.2. The molecule has 9 nitrogen and oxygen atoms in total. The van der Waals surface area contributed by atoms with Gasteiger partial charge in [-0.1, -0.05) is 60.7 Å². The van der Waals surface area contributed by atoms with Crippen LogP contribution in [0.2, 0.25) is 0 Å². The van der Waals surface area contributed by atoms with Crippen LogP contribution in [-0.4, -0.2) is 68.0 Å². The normalized spacial score (nSPS) is 13.1. The Labute approximate surface area is 215 Å². The molecule has 194 valence electrons. The fourth-order valence-corrected chi connectivity index (χ4v) is 3.86. The molecule has 36 heavy (non-hydrogen) atoms. The molecule has 0 fully saturated rings. The average Bonchev–Trinajstić information content (AvgIpc) is 2.90. The van der Waals surface area contributed by atoms with E-state index in [0.717, 1.165) is 11.1 Å². The first-order valence-corrected chi connectivity index (χ1v) is 12.9. The second kappa shape index (κ2) is 16.3. The Bertz CT molecular complexity index is 961. The Morgan fingerprint density at radius 1 is 0.889 bits per heavy atom. The van der Waals surface area contributed by atoms with Gasteiger partial charge < -0.3 is 25.4 Å². The minimum absolute atomic E-state index is 0.137. The van der Waals surface area contributed by atoms with E-state index in [4.69, 9.17) is 9.47 Å². The molecule has 3 amide bonds. The van der Waals surface area contributed by atoms with Crippen LogP contribution in [0.4, 0.5) is 0 Å². The summed E-state index contributed by atoms with van der Waals surface area (Å²) in [5.74, 6) is -1.08. The van der Waals surface area contributed by atoms with Crippen LogP contribution in [0.1, 0.15) is 17.5 Å². The predicted octanol–water partition coefficient (Wildman–Crippen LogP) is 1.46. The van der Waals surface area contributed by atoms with E-state index in [-0.39, 0.29) is 19.6 Å². The number of nitrogens with one attached hydrogen (secondary N) is 3. The van der Waals surface area contributed by atoms with Crippen LogP contribution in [0.3, 0.4) is 0 Å². The largest absolute Gasteiger partial charge is 0.467 e. The van der Waals surface area contributed by atoms with E-state index in [9.17, 15) is 19.2 Å². The van der Waals surface area contributed by atoms with Crippen molar-refractivity contribution in [2.45, 2.75) is 37.6 Å². The lowest BCUT2D eigenvalue weighted by molar-refractivity contribution is -0.145. The van der Waals surface area contributed by atoms with Gasteiger partial charge in [0.2, 0.25) is 18.2 Å². The molecule has 0 spiro atoms. The summed E-state index contributed by atoms with van der Waals surface area (Å²) >= 11 is 1.53. The van der Waals surface area contributed by atoms with Crippen molar-refractivity contribution in [3.63, 3.8) is 0 Å². The molecule has 0 unspecified atom stereocenters. The first-order valence-electron chi connectivity index (χ1n) is 11.5. The summed E-state index contributed by atoms with van der Waals surface area (Å²) in [7, 11) is 1.25. The lowest BCUT2D eigenvalue weighted by atomic mass is 10.1. The second-order valence-electron chi connectivity index (χ2n) is 7.95. The number of amides is 3. The van der Waals surface area contributed by atoms with Crippen molar-refractivity contribution < 1.29 is 28.7 Å². The lowest BCUT2D eigenvalue weighted by Crippen LogP contribution is -2.57. The predicted molar refractivity (Wildman–Crippen MR) is 138 cm³/mol. The van der Waals surface area contributed by atoms with Crippen molar-refractivity contribution in [1.82, 2.24) is 16.0 Å². The fraction of sp³-hybridized carbons (Fsp3) is 0.385. The second-order valence-corrected chi connectivity index (χ2v) is 8.94. The average molecular weight is 516 g/mol. The van der Waals surface area contributed by atoms with Crippen LogP contribution in [0, 0.1) is 0 Å². The summed E-state index contributed by atoms with van der Waals surface area (Å²) in [5, 5.41) is 7.84. The monoisotopic (exact) mass is 515 g/mol. The summed E-state index contributed by atoms with van der Waals surface area (Å²) in [6.07, 6.45) is 2.96. The maximum atomic E-state index is 13.2. The number of rotatable bonds is 16. The highest BCUT2D eigenvalue weighted by Gasteiger charge is 2.29. The highest BCUT2D eigenvalue weighted by molar-refractivity contribution is 7.98. The van der Waals surface area contributed by atoms with Crippen molar-refractivity contribution >= 4 is 36.0 Å². The van der Waals surface area contributed by atoms with E-state index in [0.29, 0.717) is 18.6 Å². The lowest BCUT2D eigenvalue weighted by Gasteiger charge is -2.24. The molecule has 0 bridgehead atoms. The van der Waals surface area contributed by atoms with Crippen molar-refractivity contribution in [3.05, 3.63) is 71.8 Å². The van der Waals surface area contributed by atoms with Gasteiger partial charge in [-0.05, 0) is 29.6 Å². The molecule has 2 aromatic carbocycles. The van der Waals surface area contributed by atoms with Gasteiger partial charge in [0, 0.05) is 6.42 Å². The zero-order valence-corrected chi connectivity index (χ0v) is 21.3. The van der Waals surface area contributed by atoms with Crippen molar-refractivity contribution in [2.24, 2.45) is 0 Å². The Hall–Kier alpha value is -3.37. The van der Waals surface area contributed by atoms with Crippen LogP contribution in [0.25, 0.3) is 0 Å². The van der Waals surface area contributed by atoms with Crippen LogP contribution < -0.4 is 16.0 Å². The van der Waals surface area contributed by atoms with Gasteiger partial charge in [-0.15, -0.1) is 0 Å². The zero-order valence-electron chi connectivity index (χ0n) is 20.5. The Morgan fingerprint density at radius 2 is 1.47 bits per heavy atom. The van der Waals surface area contributed by atoms with E-state index in [1.54, 1.807) is 0 Å². The van der Waals surface area contributed by atoms with Gasteiger partial charge in [-0.25, -0.2) is 4.79 Å². The van der Waals surface area contributed by atoms with Gasteiger partial charge in [-0.2, -0.15) is 11.8 Å². The number of thioether (sulfide) groups is 1. The molecule has 0 radical (unpaired) electrons. The smallest absolute Gasteiger partial charge is 0.328 e. The third-order valence-electron chi connectivity index (χ3n) is 5.31. The summed E-state index contributed by atoms with van der Waals surface area (Å²) in [6, 6.07) is 15.7. The fourth-order valence-electron chi connectivity index (χ4n) is 3.39. The summed E-state index contributed by atoms with van der Waals surface area (Å²) in [4.78, 5) is 49.5. The summed E-state index contributed by atoms with van der Waals surface area (Å²) in [5.41, 5.74) is 1.74. The van der Waals surface area contributed by atoms with Crippen molar-refractivity contribution in [3.8, 4) is 0 Å². The van der Waals surface area contributed by atoms with Crippen molar-refractivity contribution in [2.75, 3.05) is 25.7 Å². The number of benzene rings is 2.